The summed E-state index contributed by atoms with van der Waals surface area (Å²) in [7, 11) is 0. The van der Waals surface area contributed by atoms with Crippen molar-refractivity contribution in [1.29, 1.82) is 0 Å². The molecular weight excluding hydrogens is 612 g/mol. The molecule has 1 saturated heterocycles. The topological polar surface area (TPSA) is 147 Å². The average Bonchev–Trinajstić information content (AvgIpc) is 3.65. The minimum atomic E-state index is -1.47. The summed E-state index contributed by atoms with van der Waals surface area (Å²) in [5.41, 5.74) is 1.75. The van der Waals surface area contributed by atoms with Crippen LogP contribution >= 0.6 is 0 Å². The van der Waals surface area contributed by atoms with Gasteiger partial charge in [0.2, 0.25) is 11.8 Å². The number of hydrogen-bond donors (Lipinski definition) is 3. The SMILES string of the molecule is C=C[C@H]1C[C@]1(NC(=O)[C@@H]1C[C@@H]2CN1C(=O)[C@H](CCCC)NC(=O)OCC/C=C/c1ccc3nc(-c4ccccc4)cc(c3c1)O2)C(=O)O. The first-order valence-electron chi connectivity index (χ1n) is 16.5. The molecule has 4 bridgehead atoms. The van der Waals surface area contributed by atoms with Crippen molar-refractivity contribution in [2.75, 3.05) is 13.2 Å². The Bertz CT molecular complexity index is 1760. The third-order valence-electron chi connectivity index (χ3n) is 9.30. The van der Waals surface area contributed by atoms with Crippen LogP contribution in [0.3, 0.4) is 0 Å². The second kappa shape index (κ2) is 13.9. The number of amides is 3. The number of rotatable bonds is 8. The predicted molar refractivity (Wildman–Crippen MR) is 180 cm³/mol. The van der Waals surface area contributed by atoms with Crippen LogP contribution in [0.15, 0.2) is 73.3 Å². The first-order valence-corrected chi connectivity index (χ1v) is 16.5. The van der Waals surface area contributed by atoms with Crippen LogP contribution in [0.25, 0.3) is 28.2 Å². The Labute approximate surface area is 279 Å². The van der Waals surface area contributed by atoms with E-state index < -0.39 is 53.5 Å². The zero-order valence-corrected chi connectivity index (χ0v) is 26.9. The molecule has 2 aromatic carbocycles. The normalized spacial score (nSPS) is 26.1. The number of cyclic esters (lactones) is 1. The maximum absolute atomic E-state index is 14.2. The number of aliphatic carboxylic acids is 1. The van der Waals surface area contributed by atoms with Crippen molar-refractivity contribution in [2.45, 2.75) is 69.2 Å². The van der Waals surface area contributed by atoms with Crippen LogP contribution in [0.4, 0.5) is 4.79 Å². The van der Waals surface area contributed by atoms with Crippen molar-refractivity contribution < 1.29 is 33.8 Å². The minimum Gasteiger partial charge on any atom is -0.488 e. The number of nitrogens with zero attached hydrogens (tertiary/aromatic N) is 2. The number of aromatic nitrogens is 1. The molecule has 3 N–H and O–H groups in total. The third-order valence-corrected chi connectivity index (χ3v) is 9.30. The van der Waals surface area contributed by atoms with Crippen LogP contribution < -0.4 is 15.4 Å². The second-order valence-corrected chi connectivity index (χ2v) is 12.6. The van der Waals surface area contributed by atoms with Crippen LogP contribution in [0.1, 0.15) is 51.0 Å². The van der Waals surface area contributed by atoms with Crippen molar-refractivity contribution in [3.8, 4) is 17.0 Å². The van der Waals surface area contributed by atoms with Gasteiger partial charge in [-0.1, -0.05) is 74.4 Å². The number of carbonyl (C=O) groups excluding carboxylic acids is 3. The zero-order chi connectivity index (χ0) is 33.8. The van der Waals surface area contributed by atoms with Gasteiger partial charge in [0.15, 0.2) is 0 Å². The Hall–Kier alpha value is -5.19. The molecule has 1 saturated carbocycles. The predicted octanol–water partition coefficient (Wildman–Crippen LogP) is 5.10. The van der Waals surface area contributed by atoms with Gasteiger partial charge in [-0.3, -0.25) is 9.59 Å². The molecule has 5 atom stereocenters. The summed E-state index contributed by atoms with van der Waals surface area (Å²) in [6, 6.07) is 15.5. The maximum atomic E-state index is 14.2. The molecule has 3 amide bonds. The van der Waals surface area contributed by atoms with E-state index in [4.69, 9.17) is 14.5 Å². The molecule has 11 heteroatoms. The van der Waals surface area contributed by atoms with Gasteiger partial charge in [0.1, 0.15) is 29.5 Å². The Morgan fingerprint density at radius 2 is 2.00 bits per heavy atom. The minimum absolute atomic E-state index is 0.0469. The number of ether oxygens (including phenoxy) is 2. The van der Waals surface area contributed by atoms with Crippen molar-refractivity contribution >= 4 is 40.9 Å². The van der Waals surface area contributed by atoms with E-state index in [1.807, 2.05) is 73.7 Å². The number of carbonyl (C=O) groups is 4. The standard InChI is InChI=1S/C37H40N4O7/c1-3-5-14-29-34(43)41-22-26(19-31(41)33(42)40-37(35(44)45)21-25(37)4-2)48-32-20-30(24-12-7-6-8-13-24)38-28-16-15-23(18-27(28)32)11-9-10-17-47-36(46)39-29/h4,6-9,11-13,15-16,18,20,25-26,29,31H,2-3,5,10,14,17,19,21-22H2,1H3,(H,39,46)(H,40,42)(H,44,45)/b11-9+/t25-,26+,29-,31-,37+/m0/s1. The summed E-state index contributed by atoms with van der Waals surface area (Å²) in [6.07, 6.45) is 6.59. The van der Waals surface area contributed by atoms with E-state index in [0.29, 0.717) is 36.2 Å². The van der Waals surface area contributed by atoms with Crippen LogP contribution in [0, 0.1) is 5.92 Å². The lowest BCUT2D eigenvalue weighted by Gasteiger charge is -2.29. The van der Waals surface area contributed by atoms with Crippen molar-refractivity contribution in [3.05, 3.63) is 78.9 Å². The van der Waals surface area contributed by atoms with Gasteiger partial charge in [-0.2, -0.15) is 0 Å². The molecule has 3 aromatic rings. The van der Waals surface area contributed by atoms with E-state index in [1.165, 1.54) is 11.0 Å². The molecule has 48 heavy (non-hydrogen) atoms. The van der Waals surface area contributed by atoms with E-state index in [0.717, 1.165) is 22.9 Å². The van der Waals surface area contributed by atoms with Crippen molar-refractivity contribution in [2.24, 2.45) is 5.92 Å². The first-order chi connectivity index (χ1) is 23.2. The van der Waals surface area contributed by atoms with Gasteiger partial charge in [0.05, 0.1) is 24.4 Å². The summed E-state index contributed by atoms with van der Waals surface area (Å²) in [4.78, 5) is 59.4. The number of unbranched alkanes of at least 4 members (excludes halogenated alkanes) is 1. The smallest absolute Gasteiger partial charge is 0.407 e. The number of carboxylic acid groups (broad SMARTS) is 1. The highest BCUT2D eigenvalue weighted by Crippen LogP contribution is 2.45. The van der Waals surface area contributed by atoms with Crippen LogP contribution in [-0.4, -0.2) is 75.7 Å². The molecule has 6 rings (SSSR count). The van der Waals surface area contributed by atoms with Crippen LogP contribution in [-0.2, 0) is 19.1 Å². The summed E-state index contributed by atoms with van der Waals surface area (Å²) in [5.74, 6) is -2.08. The molecule has 11 nitrogen and oxygen atoms in total. The summed E-state index contributed by atoms with van der Waals surface area (Å²) >= 11 is 0. The van der Waals surface area contributed by atoms with Gasteiger partial charge in [-0.25, -0.2) is 14.6 Å². The third kappa shape index (κ3) is 6.76. The first kappa shape index (κ1) is 32.7. The van der Waals surface area contributed by atoms with Gasteiger partial charge in [0, 0.05) is 29.4 Å². The number of carboxylic acids is 1. The monoisotopic (exact) mass is 652 g/mol. The van der Waals surface area contributed by atoms with Crippen molar-refractivity contribution in [1.82, 2.24) is 20.5 Å². The van der Waals surface area contributed by atoms with Crippen LogP contribution in [0.2, 0.25) is 0 Å². The van der Waals surface area contributed by atoms with E-state index in [-0.39, 0.29) is 26.0 Å². The maximum Gasteiger partial charge on any atom is 0.407 e. The van der Waals surface area contributed by atoms with E-state index >= 15 is 0 Å². The Balaban J connectivity index is 1.40. The molecule has 1 aromatic heterocycles. The highest BCUT2D eigenvalue weighted by Gasteiger charge is 2.61. The zero-order valence-electron chi connectivity index (χ0n) is 26.9. The van der Waals surface area contributed by atoms with Gasteiger partial charge < -0.3 is 30.1 Å². The molecule has 0 unspecified atom stereocenters. The fourth-order valence-corrected chi connectivity index (χ4v) is 6.53. The van der Waals surface area contributed by atoms with Crippen molar-refractivity contribution in [3.63, 3.8) is 0 Å². The van der Waals surface area contributed by atoms with E-state index in [2.05, 4.69) is 17.2 Å². The summed E-state index contributed by atoms with van der Waals surface area (Å²) < 4.78 is 12.1. The van der Waals surface area contributed by atoms with Gasteiger partial charge in [0.25, 0.3) is 0 Å². The molecule has 2 aliphatic heterocycles. The van der Waals surface area contributed by atoms with Gasteiger partial charge in [-0.05, 0) is 37.0 Å². The highest BCUT2D eigenvalue weighted by atomic mass is 16.5. The summed E-state index contributed by atoms with van der Waals surface area (Å²) in [6.45, 7) is 5.85. The highest BCUT2D eigenvalue weighted by molar-refractivity contribution is 5.96. The Kier molecular flexibility index (Phi) is 9.47. The fraction of sp³-hybridized carbons (Fsp3) is 0.378. The average molecular weight is 653 g/mol. The number of hydrogen-bond acceptors (Lipinski definition) is 7. The molecule has 3 aliphatic rings. The number of nitrogens with one attached hydrogen (secondary N) is 2. The number of alkyl carbamates (subject to hydrolysis) is 1. The fourth-order valence-electron chi connectivity index (χ4n) is 6.53. The molecule has 0 radical (unpaired) electrons. The summed E-state index contributed by atoms with van der Waals surface area (Å²) in [5, 5.41) is 16.2. The second-order valence-electron chi connectivity index (χ2n) is 12.6. The number of pyridine rings is 1. The lowest BCUT2D eigenvalue weighted by atomic mass is 10.1. The van der Waals surface area contributed by atoms with E-state index in [1.54, 1.807) is 0 Å². The number of fused-ring (bicyclic) bond motifs is 3. The Morgan fingerprint density at radius 3 is 2.73 bits per heavy atom. The van der Waals surface area contributed by atoms with Crippen LogP contribution in [0.5, 0.6) is 5.75 Å². The largest absolute Gasteiger partial charge is 0.488 e. The van der Waals surface area contributed by atoms with E-state index in [9.17, 15) is 24.3 Å². The molecule has 0 spiro atoms. The molecular formula is C37H40N4O7. The lowest BCUT2D eigenvalue weighted by Crippen LogP contribution is -2.56. The molecule has 1 aliphatic carbocycles. The molecule has 250 valence electrons. The Morgan fingerprint density at radius 1 is 1.19 bits per heavy atom. The van der Waals surface area contributed by atoms with Gasteiger partial charge in [-0.15, -0.1) is 6.58 Å². The molecule has 2 fully saturated rings. The molecule has 3 heterocycles. The van der Waals surface area contributed by atoms with Gasteiger partial charge >= 0.3 is 12.1 Å². The quantitative estimate of drug-likeness (QED) is 0.285. The number of benzene rings is 2. The lowest BCUT2D eigenvalue weighted by molar-refractivity contribution is -0.145.